The van der Waals surface area contributed by atoms with Crippen LogP contribution in [-0.4, -0.2) is 28.8 Å². The fraction of sp³-hybridized carbons (Fsp3) is 0.111. The molecule has 4 N–H and O–H groups in total. The van der Waals surface area contributed by atoms with Crippen molar-refractivity contribution < 1.29 is 27.6 Å². The predicted molar refractivity (Wildman–Crippen MR) is 101 cm³/mol. The number of fused-ring (bicyclic) bond motifs is 1. The van der Waals surface area contributed by atoms with Gasteiger partial charge in [-0.1, -0.05) is 6.07 Å². The van der Waals surface area contributed by atoms with Crippen molar-refractivity contribution >= 4 is 28.5 Å². The van der Waals surface area contributed by atoms with Crippen LogP contribution in [0.4, 0.5) is 18.9 Å². The molecule has 0 spiro atoms. The van der Waals surface area contributed by atoms with E-state index in [1.54, 1.807) is 0 Å². The van der Waals surface area contributed by atoms with E-state index in [9.17, 15) is 28.1 Å². The first kappa shape index (κ1) is 20.6. The van der Waals surface area contributed by atoms with Gasteiger partial charge in [0.1, 0.15) is 11.4 Å². The molecule has 0 saturated heterocycles. The zero-order valence-corrected chi connectivity index (χ0v) is 15.3. The first-order valence-corrected chi connectivity index (χ1v) is 8.31. The molecule has 9 nitrogen and oxygen atoms in total. The van der Waals surface area contributed by atoms with Crippen LogP contribution in [0.5, 0.6) is 11.5 Å². The number of hydrogen-bond acceptors (Lipinski definition) is 4. The van der Waals surface area contributed by atoms with E-state index in [4.69, 9.17) is 10.5 Å². The highest BCUT2D eigenvalue weighted by Gasteiger charge is 2.34. The Balaban J connectivity index is 2.12. The topological polar surface area (TPSA) is 136 Å². The normalized spacial score (nSPS) is 12.1. The maximum atomic E-state index is 13.4. The summed E-state index contributed by atoms with van der Waals surface area (Å²) in [5, 5.41) is 13.0. The van der Waals surface area contributed by atoms with Gasteiger partial charge in [0.2, 0.25) is 0 Å². The number of nitro benzene ring substituents is 1. The van der Waals surface area contributed by atoms with Gasteiger partial charge in [0.05, 0.1) is 22.1 Å². The Kier molecular flexibility index (Phi) is 5.32. The molecular weight excluding hydrogens is 407 g/mol. The predicted octanol–water partition coefficient (Wildman–Crippen LogP) is 3.56. The van der Waals surface area contributed by atoms with Gasteiger partial charge in [-0.05, 0) is 24.3 Å². The number of amides is 1. The summed E-state index contributed by atoms with van der Waals surface area (Å²) < 4.78 is 45.8. The number of aromatic nitrogens is 1. The van der Waals surface area contributed by atoms with E-state index >= 15 is 0 Å². The van der Waals surface area contributed by atoms with Crippen LogP contribution < -0.4 is 15.8 Å². The number of aliphatic imine (C=N–C) groups is 1. The lowest BCUT2D eigenvalue weighted by atomic mass is 10.1. The van der Waals surface area contributed by atoms with Crippen molar-refractivity contribution in [3.05, 3.63) is 63.8 Å². The lowest BCUT2D eigenvalue weighted by Crippen LogP contribution is -2.28. The molecule has 12 heteroatoms. The van der Waals surface area contributed by atoms with Gasteiger partial charge < -0.3 is 20.8 Å². The molecule has 0 atom stereocenters. The Morgan fingerprint density at radius 1 is 1.27 bits per heavy atom. The smallest absolute Gasteiger partial charge is 0.417 e. The number of nitrogens with one attached hydrogen (secondary N) is 2. The summed E-state index contributed by atoms with van der Waals surface area (Å²) in [6.45, 7) is 0. The van der Waals surface area contributed by atoms with E-state index < -0.39 is 22.6 Å². The SMILES string of the molecule is CNC(N)=NC(=O)c1cc2c(C(F)(F)F)ccc(Oc3cccc([N+](=O)[O-])c3)c2[nH]1. The molecule has 0 aliphatic carbocycles. The number of rotatable bonds is 4. The number of halogens is 3. The van der Waals surface area contributed by atoms with Gasteiger partial charge in [-0.25, -0.2) is 0 Å². The average molecular weight is 421 g/mol. The number of nitrogens with two attached hydrogens (primary N) is 1. The van der Waals surface area contributed by atoms with Crippen LogP contribution in [0, 0.1) is 10.1 Å². The molecule has 1 amide bonds. The zero-order chi connectivity index (χ0) is 22.1. The first-order valence-electron chi connectivity index (χ1n) is 8.31. The number of carbonyl (C=O) groups excluding carboxylic acids is 1. The Hall–Kier alpha value is -4.09. The number of ether oxygens (including phenoxy) is 1. The summed E-state index contributed by atoms with van der Waals surface area (Å²) in [7, 11) is 1.42. The maximum Gasteiger partial charge on any atom is 0.417 e. The molecule has 1 aromatic heterocycles. The molecule has 0 bridgehead atoms. The second-order valence-corrected chi connectivity index (χ2v) is 5.99. The second-order valence-electron chi connectivity index (χ2n) is 5.99. The molecule has 0 saturated carbocycles. The van der Waals surface area contributed by atoms with Gasteiger partial charge in [-0.3, -0.25) is 14.9 Å². The summed E-state index contributed by atoms with van der Waals surface area (Å²) >= 11 is 0. The molecule has 3 rings (SSSR count). The van der Waals surface area contributed by atoms with Crippen molar-refractivity contribution in [2.45, 2.75) is 6.18 Å². The van der Waals surface area contributed by atoms with Crippen molar-refractivity contribution in [2.24, 2.45) is 10.7 Å². The summed E-state index contributed by atoms with van der Waals surface area (Å²) in [5.41, 5.74) is 3.80. The van der Waals surface area contributed by atoms with Gasteiger partial charge in [0.25, 0.3) is 11.6 Å². The van der Waals surface area contributed by atoms with Gasteiger partial charge >= 0.3 is 6.18 Å². The number of nitro groups is 1. The summed E-state index contributed by atoms with van der Waals surface area (Å²) in [5.74, 6) is -1.15. The molecule has 0 fully saturated rings. The van der Waals surface area contributed by atoms with Crippen LogP contribution in [0.1, 0.15) is 16.1 Å². The Morgan fingerprint density at radius 2 is 2.00 bits per heavy atom. The Bertz CT molecular complexity index is 1170. The number of H-pyrrole nitrogens is 1. The Labute approximate surface area is 166 Å². The first-order chi connectivity index (χ1) is 14.1. The van der Waals surface area contributed by atoms with Crippen molar-refractivity contribution in [3.63, 3.8) is 0 Å². The highest BCUT2D eigenvalue weighted by atomic mass is 19.4. The summed E-state index contributed by atoms with van der Waals surface area (Å²) in [6, 6.07) is 7.98. The molecule has 0 unspecified atom stereocenters. The lowest BCUT2D eigenvalue weighted by Gasteiger charge is -2.11. The number of benzene rings is 2. The summed E-state index contributed by atoms with van der Waals surface area (Å²) in [6.07, 6.45) is -4.70. The van der Waals surface area contributed by atoms with E-state index in [-0.39, 0.29) is 39.7 Å². The van der Waals surface area contributed by atoms with Gasteiger partial charge in [-0.2, -0.15) is 18.2 Å². The van der Waals surface area contributed by atoms with Crippen LogP contribution in [0.3, 0.4) is 0 Å². The zero-order valence-electron chi connectivity index (χ0n) is 15.3. The van der Waals surface area contributed by atoms with Crippen LogP contribution in [-0.2, 0) is 6.18 Å². The number of non-ortho nitro benzene ring substituents is 1. The number of hydrogen-bond donors (Lipinski definition) is 3. The van der Waals surface area contributed by atoms with Crippen LogP contribution in [0.15, 0.2) is 47.5 Å². The van der Waals surface area contributed by atoms with Crippen LogP contribution in [0.25, 0.3) is 10.9 Å². The number of aromatic amines is 1. The standard InChI is InChI=1S/C18H14F3N5O4/c1-23-17(22)25-16(27)13-8-11-12(18(19,20)21)5-6-14(15(11)24-13)30-10-4-2-3-9(7-10)26(28)29/h2-8,24H,1H3,(H3,22,23,25,27). The quantitative estimate of drug-likeness (QED) is 0.255. The maximum absolute atomic E-state index is 13.4. The second kappa shape index (κ2) is 7.73. The summed E-state index contributed by atoms with van der Waals surface area (Å²) in [4.78, 5) is 28.6. The van der Waals surface area contributed by atoms with E-state index in [0.717, 1.165) is 24.3 Å². The molecule has 30 heavy (non-hydrogen) atoms. The fourth-order valence-electron chi connectivity index (χ4n) is 2.65. The fourth-order valence-corrected chi connectivity index (χ4v) is 2.65. The molecule has 0 radical (unpaired) electrons. The van der Waals surface area contributed by atoms with E-state index in [1.165, 1.54) is 25.2 Å². The monoisotopic (exact) mass is 421 g/mol. The number of alkyl halides is 3. The number of nitrogens with zero attached hydrogens (tertiary/aromatic N) is 2. The van der Waals surface area contributed by atoms with Crippen molar-refractivity contribution in [1.82, 2.24) is 10.3 Å². The Morgan fingerprint density at radius 3 is 2.63 bits per heavy atom. The number of guanidine groups is 1. The largest absolute Gasteiger partial charge is 0.455 e. The minimum Gasteiger partial charge on any atom is -0.455 e. The van der Waals surface area contributed by atoms with Crippen molar-refractivity contribution in [2.75, 3.05) is 7.05 Å². The number of carbonyl (C=O) groups is 1. The lowest BCUT2D eigenvalue weighted by molar-refractivity contribution is -0.384. The van der Waals surface area contributed by atoms with Crippen LogP contribution in [0.2, 0.25) is 0 Å². The average Bonchev–Trinajstić information content (AvgIpc) is 3.13. The van der Waals surface area contributed by atoms with E-state index in [2.05, 4.69) is 15.3 Å². The van der Waals surface area contributed by atoms with Crippen LogP contribution >= 0.6 is 0 Å². The van der Waals surface area contributed by atoms with Gasteiger partial charge in [-0.15, -0.1) is 0 Å². The molecule has 0 aliphatic rings. The minimum absolute atomic E-state index is 0.0326. The molecule has 0 aliphatic heterocycles. The molecule has 3 aromatic rings. The molecule has 156 valence electrons. The third-order valence-corrected chi connectivity index (χ3v) is 4.03. The molecular formula is C18H14F3N5O4. The third kappa shape index (κ3) is 4.16. The molecule has 2 aromatic carbocycles. The van der Waals surface area contributed by atoms with E-state index in [1.807, 2.05) is 0 Å². The third-order valence-electron chi connectivity index (χ3n) is 4.03. The van der Waals surface area contributed by atoms with Crippen molar-refractivity contribution in [3.8, 4) is 11.5 Å². The molecule has 1 heterocycles. The van der Waals surface area contributed by atoms with Gasteiger partial charge in [0.15, 0.2) is 11.7 Å². The minimum atomic E-state index is -4.70. The highest BCUT2D eigenvalue weighted by Crippen LogP contribution is 2.40. The van der Waals surface area contributed by atoms with Crippen molar-refractivity contribution in [1.29, 1.82) is 0 Å². The highest BCUT2D eigenvalue weighted by molar-refractivity contribution is 6.05. The van der Waals surface area contributed by atoms with E-state index in [0.29, 0.717) is 0 Å². The van der Waals surface area contributed by atoms with Gasteiger partial charge in [0, 0.05) is 18.5 Å².